The first-order valence-corrected chi connectivity index (χ1v) is 8.91. The number of furan rings is 1. The number of amides is 1. The van der Waals surface area contributed by atoms with E-state index in [0.29, 0.717) is 11.6 Å². The molecule has 1 saturated carbocycles. The lowest BCUT2D eigenvalue weighted by Crippen LogP contribution is -2.21. The Kier molecular flexibility index (Phi) is 4.07. The molecule has 1 amide bonds. The van der Waals surface area contributed by atoms with E-state index in [2.05, 4.69) is 4.57 Å². The van der Waals surface area contributed by atoms with Crippen molar-refractivity contribution in [2.24, 2.45) is 0 Å². The number of carbonyl (C=O) groups excluding carboxylic acids is 1. The van der Waals surface area contributed by atoms with Gasteiger partial charge < -0.3 is 13.9 Å². The minimum Gasteiger partial charge on any atom is -0.472 e. The standard InChI is InChI=1S/C20H23N3O2/c1-22(2)20(24)14-8-9-18-17(12-14)21-19(15-10-11-25-13-15)23(18)16-6-4-3-5-7-16/h8-13,16H,3-7H2,1-2H3. The Bertz CT molecular complexity index is 887. The molecule has 1 aliphatic rings. The van der Waals surface area contributed by atoms with Gasteiger partial charge in [0.2, 0.25) is 0 Å². The van der Waals surface area contributed by atoms with Gasteiger partial charge in [0.15, 0.2) is 0 Å². The Morgan fingerprint density at radius 1 is 1.20 bits per heavy atom. The lowest BCUT2D eigenvalue weighted by Gasteiger charge is -2.25. The first-order chi connectivity index (χ1) is 12.1. The number of carbonyl (C=O) groups is 1. The zero-order valence-electron chi connectivity index (χ0n) is 14.7. The van der Waals surface area contributed by atoms with Crippen molar-refractivity contribution in [3.8, 4) is 11.4 Å². The monoisotopic (exact) mass is 337 g/mol. The van der Waals surface area contributed by atoms with Crippen LogP contribution in [0, 0.1) is 0 Å². The zero-order chi connectivity index (χ0) is 17.4. The highest BCUT2D eigenvalue weighted by Gasteiger charge is 2.23. The molecular formula is C20H23N3O2. The van der Waals surface area contributed by atoms with Crippen molar-refractivity contribution in [3.63, 3.8) is 0 Å². The molecule has 0 radical (unpaired) electrons. The molecule has 0 unspecified atom stereocenters. The van der Waals surface area contributed by atoms with Crippen LogP contribution in [0.2, 0.25) is 0 Å². The minimum absolute atomic E-state index is 0.000947. The Balaban J connectivity index is 1.87. The summed E-state index contributed by atoms with van der Waals surface area (Å²) in [6, 6.07) is 8.26. The van der Waals surface area contributed by atoms with Crippen LogP contribution in [0.15, 0.2) is 41.2 Å². The van der Waals surface area contributed by atoms with Gasteiger partial charge in [0.05, 0.1) is 22.9 Å². The summed E-state index contributed by atoms with van der Waals surface area (Å²) < 4.78 is 7.64. The van der Waals surface area contributed by atoms with E-state index >= 15 is 0 Å². The van der Waals surface area contributed by atoms with Gasteiger partial charge in [-0.05, 0) is 37.1 Å². The number of benzene rings is 1. The van der Waals surface area contributed by atoms with Crippen LogP contribution in [0.25, 0.3) is 22.4 Å². The van der Waals surface area contributed by atoms with Crippen LogP contribution in [-0.4, -0.2) is 34.5 Å². The maximum Gasteiger partial charge on any atom is 0.253 e. The van der Waals surface area contributed by atoms with Crippen molar-refractivity contribution in [1.82, 2.24) is 14.5 Å². The van der Waals surface area contributed by atoms with Gasteiger partial charge in [-0.2, -0.15) is 0 Å². The maximum absolute atomic E-state index is 12.3. The Hall–Kier alpha value is -2.56. The van der Waals surface area contributed by atoms with Crippen molar-refractivity contribution in [2.45, 2.75) is 38.1 Å². The number of imidazole rings is 1. The van der Waals surface area contributed by atoms with Gasteiger partial charge in [-0.25, -0.2) is 4.98 Å². The van der Waals surface area contributed by atoms with Crippen LogP contribution in [0.1, 0.15) is 48.5 Å². The molecule has 3 aromatic rings. The molecule has 1 aromatic carbocycles. The molecule has 0 atom stereocenters. The highest BCUT2D eigenvalue weighted by atomic mass is 16.3. The maximum atomic E-state index is 12.3. The fourth-order valence-corrected chi connectivity index (χ4v) is 3.79. The number of hydrogen-bond donors (Lipinski definition) is 0. The minimum atomic E-state index is -0.000947. The molecule has 2 heterocycles. The molecule has 130 valence electrons. The Morgan fingerprint density at radius 2 is 2.00 bits per heavy atom. The highest BCUT2D eigenvalue weighted by Crippen LogP contribution is 2.36. The van der Waals surface area contributed by atoms with E-state index in [0.717, 1.165) is 22.4 Å². The molecule has 5 nitrogen and oxygen atoms in total. The van der Waals surface area contributed by atoms with Crippen molar-refractivity contribution >= 4 is 16.9 Å². The van der Waals surface area contributed by atoms with Crippen LogP contribution in [0.3, 0.4) is 0 Å². The average molecular weight is 337 g/mol. The fraction of sp³-hybridized carbons (Fsp3) is 0.400. The summed E-state index contributed by atoms with van der Waals surface area (Å²) in [5.74, 6) is 0.934. The van der Waals surface area contributed by atoms with Gasteiger partial charge in [-0.15, -0.1) is 0 Å². The first kappa shape index (κ1) is 15.9. The van der Waals surface area contributed by atoms with Crippen LogP contribution >= 0.6 is 0 Å². The Morgan fingerprint density at radius 3 is 2.68 bits per heavy atom. The first-order valence-electron chi connectivity index (χ1n) is 8.91. The second-order valence-corrected chi connectivity index (χ2v) is 7.01. The smallest absolute Gasteiger partial charge is 0.253 e. The van der Waals surface area contributed by atoms with Gasteiger partial charge in [-0.1, -0.05) is 19.3 Å². The van der Waals surface area contributed by atoms with E-state index in [9.17, 15) is 4.79 Å². The molecule has 1 aliphatic carbocycles. The zero-order valence-corrected chi connectivity index (χ0v) is 14.7. The summed E-state index contributed by atoms with van der Waals surface area (Å²) in [4.78, 5) is 18.7. The number of fused-ring (bicyclic) bond motifs is 1. The molecule has 0 bridgehead atoms. The number of hydrogen-bond acceptors (Lipinski definition) is 3. The summed E-state index contributed by atoms with van der Waals surface area (Å²) in [5, 5.41) is 0. The molecule has 25 heavy (non-hydrogen) atoms. The van der Waals surface area contributed by atoms with Gasteiger partial charge >= 0.3 is 0 Å². The van der Waals surface area contributed by atoms with Gasteiger partial charge in [0, 0.05) is 25.7 Å². The number of aromatic nitrogens is 2. The average Bonchev–Trinajstić information content (AvgIpc) is 3.28. The second kappa shape index (κ2) is 6.39. The normalized spacial score (nSPS) is 15.6. The van der Waals surface area contributed by atoms with Gasteiger partial charge in [0.1, 0.15) is 12.1 Å². The predicted molar refractivity (Wildman–Crippen MR) is 97.6 cm³/mol. The quantitative estimate of drug-likeness (QED) is 0.707. The van der Waals surface area contributed by atoms with E-state index in [4.69, 9.17) is 9.40 Å². The highest BCUT2D eigenvalue weighted by molar-refractivity contribution is 5.97. The summed E-state index contributed by atoms with van der Waals surface area (Å²) in [6.45, 7) is 0. The Labute approximate surface area is 147 Å². The van der Waals surface area contributed by atoms with Crippen molar-refractivity contribution < 1.29 is 9.21 Å². The van der Waals surface area contributed by atoms with E-state index in [1.165, 1.54) is 32.1 Å². The third kappa shape index (κ3) is 2.84. The molecule has 0 aliphatic heterocycles. The number of nitrogens with zero attached hydrogens (tertiary/aromatic N) is 3. The van der Waals surface area contributed by atoms with Crippen molar-refractivity contribution in [3.05, 3.63) is 42.4 Å². The summed E-state index contributed by atoms with van der Waals surface area (Å²) >= 11 is 0. The molecule has 5 heteroatoms. The van der Waals surface area contributed by atoms with Gasteiger partial charge in [0.25, 0.3) is 5.91 Å². The molecule has 4 rings (SSSR count). The molecule has 0 N–H and O–H groups in total. The molecule has 0 spiro atoms. The van der Waals surface area contributed by atoms with E-state index in [-0.39, 0.29) is 5.91 Å². The second-order valence-electron chi connectivity index (χ2n) is 7.01. The van der Waals surface area contributed by atoms with E-state index in [1.807, 2.05) is 24.3 Å². The van der Waals surface area contributed by atoms with Crippen LogP contribution < -0.4 is 0 Å². The van der Waals surface area contributed by atoms with E-state index < -0.39 is 0 Å². The lowest BCUT2D eigenvalue weighted by atomic mass is 9.95. The lowest BCUT2D eigenvalue weighted by molar-refractivity contribution is 0.0827. The molecule has 1 fully saturated rings. The molecular weight excluding hydrogens is 314 g/mol. The third-order valence-electron chi connectivity index (χ3n) is 5.06. The van der Waals surface area contributed by atoms with Gasteiger partial charge in [-0.3, -0.25) is 4.79 Å². The van der Waals surface area contributed by atoms with Crippen LogP contribution in [-0.2, 0) is 0 Å². The summed E-state index contributed by atoms with van der Waals surface area (Å²) in [7, 11) is 3.54. The topological polar surface area (TPSA) is 51.3 Å². The SMILES string of the molecule is CN(C)C(=O)c1ccc2c(c1)nc(-c1ccoc1)n2C1CCCCC1. The largest absolute Gasteiger partial charge is 0.472 e. The van der Waals surface area contributed by atoms with Crippen LogP contribution in [0.5, 0.6) is 0 Å². The van der Waals surface area contributed by atoms with Crippen molar-refractivity contribution in [2.75, 3.05) is 14.1 Å². The van der Waals surface area contributed by atoms with Crippen LogP contribution in [0.4, 0.5) is 0 Å². The van der Waals surface area contributed by atoms with E-state index in [1.54, 1.807) is 31.5 Å². The fourth-order valence-electron chi connectivity index (χ4n) is 3.79. The third-order valence-corrected chi connectivity index (χ3v) is 5.06. The van der Waals surface area contributed by atoms with Crippen molar-refractivity contribution in [1.29, 1.82) is 0 Å². The molecule has 2 aromatic heterocycles. The summed E-state index contributed by atoms with van der Waals surface area (Å²) in [6.07, 6.45) is 9.60. The summed E-state index contributed by atoms with van der Waals surface area (Å²) in [5.41, 5.74) is 3.62. The predicted octanol–water partition coefficient (Wildman–Crippen LogP) is 4.50. The molecule has 0 saturated heterocycles. The number of rotatable bonds is 3.